The van der Waals surface area contributed by atoms with Crippen LogP contribution in [0.5, 0.6) is 5.75 Å². The highest BCUT2D eigenvalue weighted by Crippen LogP contribution is 2.24. The van der Waals surface area contributed by atoms with E-state index in [-0.39, 0.29) is 6.03 Å². The molecule has 2 fully saturated rings. The number of rotatable bonds is 5. The quantitative estimate of drug-likeness (QED) is 0.728. The van der Waals surface area contributed by atoms with Crippen molar-refractivity contribution < 1.29 is 9.53 Å². The summed E-state index contributed by atoms with van der Waals surface area (Å²) in [4.78, 5) is 26.3. The largest absolute Gasteiger partial charge is 0.497 e. The molecular formula is C24H34N6O2. The van der Waals surface area contributed by atoms with Crippen LogP contribution in [0.1, 0.15) is 43.4 Å². The van der Waals surface area contributed by atoms with E-state index in [9.17, 15) is 4.79 Å². The number of nitrogens with zero attached hydrogens (tertiary/aromatic N) is 4. The van der Waals surface area contributed by atoms with Gasteiger partial charge in [-0.3, -0.25) is 0 Å². The van der Waals surface area contributed by atoms with Gasteiger partial charge in [-0.05, 0) is 50.5 Å². The van der Waals surface area contributed by atoms with Gasteiger partial charge in [0.15, 0.2) is 0 Å². The fraction of sp³-hybridized carbons (Fsp3) is 0.542. The number of nitrogens with one attached hydrogen (secondary N) is 2. The molecule has 0 atom stereocenters. The SMILES string of the molecule is COc1ccc(NC(=O)N2CCN(c3cc(C)nc(NC4CCCCC4)n3)CC2)c(C)c1. The second-order valence-electron chi connectivity index (χ2n) is 8.76. The number of hydrogen-bond acceptors (Lipinski definition) is 6. The zero-order chi connectivity index (χ0) is 22.5. The maximum atomic E-state index is 12.8. The van der Waals surface area contributed by atoms with Gasteiger partial charge >= 0.3 is 6.03 Å². The van der Waals surface area contributed by atoms with Crippen LogP contribution in [0.3, 0.4) is 0 Å². The summed E-state index contributed by atoms with van der Waals surface area (Å²) in [5.74, 6) is 2.44. The third-order valence-corrected chi connectivity index (χ3v) is 6.35. The first kappa shape index (κ1) is 22.2. The van der Waals surface area contributed by atoms with E-state index in [4.69, 9.17) is 9.72 Å². The van der Waals surface area contributed by atoms with Crippen molar-refractivity contribution >= 4 is 23.5 Å². The summed E-state index contributed by atoms with van der Waals surface area (Å²) in [5.41, 5.74) is 2.75. The molecule has 0 spiro atoms. The van der Waals surface area contributed by atoms with Gasteiger partial charge in [0.25, 0.3) is 0 Å². The van der Waals surface area contributed by atoms with Crippen molar-refractivity contribution in [2.24, 2.45) is 0 Å². The van der Waals surface area contributed by atoms with Crippen molar-refractivity contribution in [2.45, 2.75) is 52.0 Å². The molecule has 172 valence electrons. The summed E-state index contributed by atoms with van der Waals surface area (Å²) in [5, 5.41) is 6.56. The molecule has 1 aromatic carbocycles. The molecule has 4 rings (SSSR count). The minimum Gasteiger partial charge on any atom is -0.497 e. The minimum atomic E-state index is -0.0727. The van der Waals surface area contributed by atoms with Crippen LogP contribution in [0.15, 0.2) is 24.3 Å². The van der Waals surface area contributed by atoms with E-state index in [2.05, 4.69) is 20.5 Å². The normalized spacial score (nSPS) is 17.2. The van der Waals surface area contributed by atoms with Crippen LogP contribution >= 0.6 is 0 Å². The summed E-state index contributed by atoms with van der Waals surface area (Å²) in [6.45, 7) is 6.76. The topological polar surface area (TPSA) is 82.6 Å². The lowest BCUT2D eigenvalue weighted by atomic mass is 9.96. The van der Waals surface area contributed by atoms with Crippen molar-refractivity contribution in [1.29, 1.82) is 0 Å². The number of amides is 2. The number of piperazine rings is 1. The first-order valence-corrected chi connectivity index (χ1v) is 11.6. The highest BCUT2D eigenvalue weighted by Gasteiger charge is 2.23. The number of ether oxygens (including phenoxy) is 1. The molecule has 1 saturated carbocycles. The monoisotopic (exact) mass is 438 g/mol. The fourth-order valence-corrected chi connectivity index (χ4v) is 4.44. The number of carbonyl (C=O) groups excluding carboxylic acids is 1. The fourth-order valence-electron chi connectivity index (χ4n) is 4.44. The number of aromatic nitrogens is 2. The van der Waals surface area contributed by atoms with Gasteiger partial charge in [-0.15, -0.1) is 0 Å². The highest BCUT2D eigenvalue weighted by atomic mass is 16.5. The van der Waals surface area contributed by atoms with Crippen molar-refractivity contribution in [3.05, 3.63) is 35.5 Å². The predicted octanol–water partition coefficient (Wildman–Crippen LogP) is 4.20. The Kier molecular flexibility index (Phi) is 6.97. The van der Waals surface area contributed by atoms with Crippen LogP contribution in [-0.2, 0) is 0 Å². The van der Waals surface area contributed by atoms with Gasteiger partial charge in [0, 0.05) is 49.7 Å². The van der Waals surface area contributed by atoms with Crippen LogP contribution in [0.25, 0.3) is 0 Å². The van der Waals surface area contributed by atoms with E-state index in [1.165, 1.54) is 32.1 Å². The number of hydrogen-bond donors (Lipinski definition) is 2. The average Bonchev–Trinajstić information content (AvgIpc) is 2.80. The van der Waals surface area contributed by atoms with E-state index < -0.39 is 0 Å². The van der Waals surface area contributed by atoms with Crippen LogP contribution in [0.2, 0.25) is 0 Å². The molecule has 8 nitrogen and oxygen atoms in total. The van der Waals surface area contributed by atoms with Gasteiger partial charge in [-0.25, -0.2) is 9.78 Å². The first-order chi connectivity index (χ1) is 15.5. The molecule has 2 N–H and O–H groups in total. The van der Waals surface area contributed by atoms with Gasteiger partial charge in [-0.2, -0.15) is 4.98 Å². The average molecular weight is 439 g/mol. The van der Waals surface area contributed by atoms with Crippen LogP contribution in [0, 0.1) is 13.8 Å². The zero-order valence-electron chi connectivity index (χ0n) is 19.4. The lowest BCUT2D eigenvalue weighted by Crippen LogP contribution is -2.50. The zero-order valence-corrected chi connectivity index (χ0v) is 19.4. The second-order valence-corrected chi connectivity index (χ2v) is 8.76. The van der Waals surface area contributed by atoms with Crippen LogP contribution < -0.4 is 20.3 Å². The number of methoxy groups -OCH3 is 1. The summed E-state index contributed by atoms with van der Waals surface area (Å²) in [7, 11) is 1.64. The summed E-state index contributed by atoms with van der Waals surface area (Å²) < 4.78 is 5.24. The Morgan fingerprint density at radius 2 is 1.78 bits per heavy atom. The second kappa shape index (κ2) is 10.1. The Labute approximate surface area is 190 Å². The number of carbonyl (C=O) groups is 1. The standard InChI is InChI=1S/C24H34N6O2/c1-17-15-20(32-3)9-10-21(17)27-24(31)30-13-11-29(12-14-30)22-16-18(2)25-23(28-22)26-19-7-5-4-6-8-19/h9-10,15-16,19H,4-8,11-14H2,1-3H3,(H,27,31)(H,25,26,28). The van der Waals surface area contributed by atoms with Gasteiger partial charge in [0.05, 0.1) is 7.11 Å². The van der Waals surface area contributed by atoms with Gasteiger partial charge in [0.1, 0.15) is 11.6 Å². The molecule has 1 aromatic heterocycles. The van der Waals surface area contributed by atoms with Gasteiger partial charge in [0.2, 0.25) is 5.95 Å². The Morgan fingerprint density at radius 1 is 1.03 bits per heavy atom. The van der Waals surface area contributed by atoms with Crippen molar-refractivity contribution in [3.8, 4) is 5.75 Å². The van der Waals surface area contributed by atoms with Crippen LogP contribution in [0.4, 0.5) is 22.2 Å². The molecule has 2 aromatic rings. The molecule has 2 heterocycles. The molecule has 0 radical (unpaired) electrons. The summed E-state index contributed by atoms with van der Waals surface area (Å²) in [6.07, 6.45) is 6.25. The molecule has 1 aliphatic heterocycles. The maximum Gasteiger partial charge on any atom is 0.321 e. The molecule has 0 unspecified atom stereocenters. The first-order valence-electron chi connectivity index (χ1n) is 11.6. The predicted molar refractivity (Wildman–Crippen MR) is 128 cm³/mol. The summed E-state index contributed by atoms with van der Waals surface area (Å²) in [6, 6.07) is 8.09. The Morgan fingerprint density at radius 3 is 2.47 bits per heavy atom. The number of benzene rings is 1. The number of aryl methyl sites for hydroxylation is 2. The van der Waals surface area contributed by atoms with E-state index in [0.717, 1.165) is 47.5 Å². The Balaban J connectivity index is 1.34. The number of anilines is 3. The Bertz CT molecular complexity index is 936. The van der Waals surface area contributed by atoms with E-state index >= 15 is 0 Å². The lowest BCUT2D eigenvalue weighted by molar-refractivity contribution is 0.208. The third kappa shape index (κ3) is 5.41. The molecule has 8 heteroatoms. The minimum absolute atomic E-state index is 0.0727. The van der Waals surface area contributed by atoms with E-state index in [1.807, 2.05) is 43.0 Å². The van der Waals surface area contributed by atoms with Crippen molar-refractivity contribution in [1.82, 2.24) is 14.9 Å². The van der Waals surface area contributed by atoms with Crippen molar-refractivity contribution in [3.63, 3.8) is 0 Å². The molecule has 0 bridgehead atoms. The van der Waals surface area contributed by atoms with Gasteiger partial charge in [-0.1, -0.05) is 19.3 Å². The van der Waals surface area contributed by atoms with E-state index in [1.54, 1.807) is 7.11 Å². The number of urea groups is 1. The molecule has 1 aliphatic carbocycles. The maximum absolute atomic E-state index is 12.8. The lowest BCUT2D eigenvalue weighted by Gasteiger charge is -2.35. The van der Waals surface area contributed by atoms with Gasteiger partial charge < -0.3 is 25.2 Å². The molecule has 2 aliphatic rings. The molecule has 32 heavy (non-hydrogen) atoms. The summed E-state index contributed by atoms with van der Waals surface area (Å²) >= 11 is 0. The Hall–Kier alpha value is -3.03. The third-order valence-electron chi connectivity index (χ3n) is 6.35. The highest BCUT2D eigenvalue weighted by molar-refractivity contribution is 5.90. The smallest absolute Gasteiger partial charge is 0.321 e. The van der Waals surface area contributed by atoms with Crippen LogP contribution in [-0.4, -0.2) is 60.2 Å². The van der Waals surface area contributed by atoms with E-state index in [0.29, 0.717) is 19.1 Å². The molecule has 1 saturated heterocycles. The molecular weight excluding hydrogens is 404 g/mol. The molecule has 2 amide bonds. The van der Waals surface area contributed by atoms with Crippen molar-refractivity contribution in [2.75, 3.05) is 48.8 Å².